The summed E-state index contributed by atoms with van der Waals surface area (Å²) in [5.41, 5.74) is 0.290. The van der Waals surface area contributed by atoms with Gasteiger partial charge in [0.1, 0.15) is 9.09 Å². The first-order valence-electron chi connectivity index (χ1n) is 5.43. The Balaban J connectivity index is 2.70. The summed E-state index contributed by atoms with van der Waals surface area (Å²) >= 11 is 0.566. The molecule has 10 heteroatoms. The zero-order valence-corrected chi connectivity index (χ0v) is 12.0. The van der Waals surface area contributed by atoms with Crippen molar-refractivity contribution in [1.29, 1.82) is 0 Å². The predicted octanol–water partition coefficient (Wildman–Crippen LogP) is 2.38. The first-order chi connectivity index (χ1) is 9.03. The number of carbonyl (C=O) groups is 1. The molecule has 0 aliphatic heterocycles. The molecule has 0 bridgehead atoms. The topological polar surface area (TPSA) is 83.5 Å². The van der Waals surface area contributed by atoms with Gasteiger partial charge < -0.3 is 5.11 Å². The van der Waals surface area contributed by atoms with Gasteiger partial charge in [-0.2, -0.15) is 13.2 Å². The molecule has 1 aromatic rings. The lowest BCUT2D eigenvalue weighted by Gasteiger charge is -2.07. The van der Waals surface area contributed by atoms with Crippen molar-refractivity contribution in [2.24, 2.45) is 0 Å². The predicted molar refractivity (Wildman–Crippen MR) is 66.5 cm³/mol. The molecule has 20 heavy (non-hydrogen) atoms. The lowest BCUT2D eigenvalue weighted by Crippen LogP contribution is -2.25. The summed E-state index contributed by atoms with van der Waals surface area (Å²) in [6.45, 7) is 1.09. The van der Waals surface area contributed by atoms with Gasteiger partial charge in [-0.3, -0.25) is 0 Å². The molecule has 0 spiro atoms. The van der Waals surface area contributed by atoms with Crippen molar-refractivity contribution in [3.05, 3.63) is 16.5 Å². The minimum Gasteiger partial charge on any atom is -0.477 e. The fourth-order valence-electron chi connectivity index (χ4n) is 1.36. The summed E-state index contributed by atoms with van der Waals surface area (Å²) < 4.78 is 61.0. The van der Waals surface area contributed by atoms with Crippen LogP contribution in [0.2, 0.25) is 0 Å². The summed E-state index contributed by atoms with van der Waals surface area (Å²) in [5, 5.41) is 8.82. The third-order valence-electron chi connectivity index (χ3n) is 2.28. The highest BCUT2D eigenvalue weighted by Crippen LogP contribution is 2.26. The molecule has 1 aromatic heterocycles. The summed E-state index contributed by atoms with van der Waals surface area (Å²) in [5.74, 6) is -1.24. The molecule has 1 heterocycles. The van der Waals surface area contributed by atoms with Gasteiger partial charge in [-0.15, -0.1) is 11.3 Å². The second-order valence-electron chi connectivity index (χ2n) is 4.00. The summed E-state index contributed by atoms with van der Waals surface area (Å²) in [6.07, 6.45) is -5.79. The van der Waals surface area contributed by atoms with Crippen LogP contribution in [-0.4, -0.2) is 32.2 Å². The van der Waals surface area contributed by atoms with E-state index < -0.39 is 28.6 Å². The van der Waals surface area contributed by atoms with E-state index in [0.29, 0.717) is 11.3 Å². The van der Waals surface area contributed by atoms with Crippen LogP contribution < -0.4 is 4.72 Å². The lowest BCUT2D eigenvalue weighted by molar-refractivity contribution is -0.135. The molecule has 0 unspecified atom stereocenters. The molecule has 0 amide bonds. The van der Waals surface area contributed by atoms with Crippen LogP contribution in [0, 0.1) is 6.92 Å². The van der Waals surface area contributed by atoms with E-state index in [1.165, 1.54) is 13.0 Å². The van der Waals surface area contributed by atoms with Crippen molar-refractivity contribution in [1.82, 2.24) is 4.72 Å². The Hall–Kier alpha value is -1.13. The first-order valence-corrected chi connectivity index (χ1v) is 7.73. The van der Waals surface area contributed by atoms with Gasteiger partial charge in [0.05, 0.1) is 0 Å². The molecule has 1 rings (SSSR count). The van der Waals surface area contributed by atoms with Crippen molar-refractivity contribution in [3.63, 3.8) is 0 Å². The molecule has 0 radical (unpaired) electrons. The zero-order valence-electron chi connectivity index (χ0n) is 10.3. The fourth-order valence-corrected chi connectivity index (χ4v) is 3.86. The maximum atomic E-state index is 11.9. The minimum atomic E-state index is -4.33. The number of aryl methyl sites for hydroxylation is 1. The van der Waals surface area contributed by atoms with Gasteiger partial charge in [-0.1, -0.05) is 0 Å². The standard InChI is InChI=1S/C10H12F3NO4S2/c1-6-5-7(19-8(6)9(15)16)20(17,18)14-4-2-3-10(11,12)13/h5,14H,2-4H2,1H3,(H,15,16). The molecule has 5 nitrogen and oxygen atoms in total. The van der Waals surface area contributed by atoms with Crippen molar-refractivity contribution in [2.45, 2.75) is 30.2 Å². The van der Waals surface area contributed by atoms with E-state index in [1.54, 1.807) is 0 Å². The molecule has 0 atom stereocenters. The number of nitrogens with one attached hydrogen (secondary N) is 1. The smallest absolute Gasteiger partial charge is 0.389 e. The molecule has 0 aliphatic rings. The number of alkyl halides is 3. The van der Waals surface area contributed by atoms with Gasteiger partial charge in [0.25, 0.3) is 0 Å². The molecule has 0 saturated heterocycles. The fraction of sp³-hybridized carbons (Fsp3) is 0.500. The Labute approximate surface area is 117 Å². The Morgan fingerprint density at radius 2 is 2.05 bits per heavy atom. The van der Waals surface area contributed by atoms with Crippen LogP contribution in [0.4, 0.5) is 13.2 Å². The maximum absolute atomic E-state index is 11.9. The molecular weight excluding hydrogens is 319 g/mol. The number of carboxylic acids is 1. The van der Waals surface area contributed by atoms with Crippen molar-refractivity contribution >= 4 is 27.3 Å². The van der Waals surface area contributed by atoms with Crippen molar-refractivity contribution in [3.8, 4) is 0 Å². The molecule has 114 valence electrons. The summed E-state index contributed by atoms with van der Waals surface area (Å²) in [6, 6.07) is 1.18. The van der Waals surface area contributed by atoms with Crippen LogP contribution >= 0.6 is 11.3 Å². The third-order valence-corrected chi connectivity index (χ3v) is 5.44. The Bertz CT molecular complexity index is 592. The second kappa shape index (κ2) is 6.10. The van der Waals surface area contributed by atoms with Crippen LogP contribution in [0.15, 0.2) is 10.3 Å². The van der Waals surface area contributed by atoms with Gasteiger partial charge in [0.2, 0.25) is 10.0 Å². The Morgan fingerprint density at radius 3 is 2.50 bits per heavy atom. The third kappa shape index (κ3) is 4.76. The van der Waals surface area contributed by atoms with E-state index >= 15 is 0 Å². The molecule has 0 fully saturated rings. The summed E-state index contributed by atoms with van der Waals surface area (Å²) in [7, 11) is -3.98. The van der Waals surface area contributed by atoms with Crippen molar-refractivity contribution in [2.75, 3.05) is 6.54 Å². The van der Waals surface area contributed by atoms with Crippen LogP contribution in [0.25, 0.3) is 0 Å². The number of carboxylic acid groups (broad SMARTS) is 1. The number of thiophene rings is 1. The number of rotatable bonds is 6. The van der Waals surface area contributed by atoms with Gasteiger partial charge in [-0.05, 0) is 25.0 Å². The normalized spacial score (nSPS) is 12.6. The van der Waals surface area contributed by atoms with Gasteiger partial charge in [-0.25, -0.2) is 17.9 Å². The van der Waals surface area contributed by atoms with Gasteiger partial charge >= 0.3 is 12.1 Å². The first kappa shape index (κ1) is 16.9. The quantitative estimate of drug-likeness (QED) is 0.784. The molecular formula is C10H12F3NO4S2. The zero-order chi connectivity index (χ0) is 15.6. The highest BCUT2D eigenvalue weighted by Gasteiger charge is 2.27. The van der Waals surface area contributed by atoms with E-state index in [0.717, 1.165) is 0 Å². The maximum Gasteiger partial charge on any atom is 0.389 e. The lowest BCUT2D eigenvalue weighted by atomic mass is 10.3. The largest absolute Gasteiger partial charge is 0.477 e. The van der Waals surface area contributed by atoms with Gasteiger partial charge in [0.15, 0.2) is 0 Å². The average Bonchev–Trinajstić information content (AvgIpc) is 2.66. The highest BCUT2D eigenvalue weighted by molar-refractivity contribution is 7.91. The van der Waals surface area contributed by atoms with E-state index in [1.807, 2.05) is 4.72 Å². The van der Waals surface area contributed by atoms with Crippen LogP contribution in [0.5, 0.6) is 0 Å². The number of sulfonamides is 1. The van der Waals surface area contributed by atoms with Crippen LogP contribution in [0.3, 0.4) is 0 Å². The number of aromatic carboxylic acids is 1. The highest BCUT2D eigenvalue weighted by atomic mass is 32.2. The van der Waals surface area contributed by atoms with Crippen LogP contribution in [0.1, 0.15) is 28.1 Å². The monoisotopic (exact) mass is 331 g/mol. The van der Waals surface area contributed by atoms with E-state index in [4.69, 9.17) is 5.11 Å². The van der Waals surface area contributed by atoms with E-state index in [9.17, 15) is 26.4 Å². The molecule has 0 saturated carbocycles. The second-order valence-corrected chi connectivity index (χ2v) is 7.05. The van der Waals surface area contributed by atoms with Gasteiger partial charge in [0, 0.05) is 13.0 Å². The SMILES string of the molecule is Cc1cc(S(=O)(=O)NCCCC(F)(F)F)sc1C(=O)O. The average molecular weight is 331 g/mol. The number of hydrogen-bond acceptors (Lipinski definition) is 4. The Kier molecular flexibility index (Phi) is 5.16. The van der Waals surface area contributed by atoms with Crippen LogP contribution in [-0.2, 0) is 10.0 Å². The Morgan fingerprint density at radius 1 is 1.45 bits per heavy atom. The summed E-state index contributed by atoms with van der Waals surface area (Å²) in [4.78, 5) is 10.7. The number of hydrogen-bond donors (Lipinski definition) is 2. The molecule has 2 N–H and O–H groups in total. The van der Waals surface area contributed by atoms with E-state index in [-0.39, 0.29) is 27.6 Å². The van der Waals surface area contributed by atoms with Crippen molar-refractivity contribution < 1.29 is 31.5 Å². The molecule has 0 aliphatic carbocycles. The molecule has 0 aromatic carbocycles. The minimum absolute atomic E-state index is 0.110. The van der Waals surface area contributed by atoms with E-state index in [2.05, 4.69) is 0 Å². The number of halogens is 3.